The number of nitrogens with zero attached hydrogens (tertiary/aromatic N) is 1. The molecule has 0 bridgehead atoms. The van der Waals surface area contributed by atoms with Gasteiger partial charge >= 0.3 is 0 Å². The second-order valence-electron chi connectivity index (χ2n) is 6.53. The van der Waals surface area contributed by atoms with Gasteiger partial charge in [0.25, 0.3) is 11.8 Å². The van der Waals surface area contributed by atoms with Gasteiger partial charge in [-0.2, -0.15) is 0 Å². The minimum Gasteiger partial charge on any atom is -0.322 e. The highest BCUT2D eigenvalue weighted by Gasteiger charge is 2.13. The van der Waals surface area contributed by atoms with Gasteiger partial charge in [0.05, 0.1) is 6.20 Å². The second-order valence-corrected chi connectivity index (χ2v) is 7.56. The number of hydrogen-bond acceptors (Lipinski definition) is 4. The van der Waals surface area contributed by atoms with Crippen LogP contribution in [0.2, 0.25) is 0 Å². The zero-order valence-electron chi connectivity index (χ0n) is 15.9. The maximum atomic E-state index is 13.0. The molecular formula is C23H15F2N3O2S. The van der Waals surface area contributed by atoms with E-state index in [0.717, 1.165) is 5.56 Å². The SMILES string of the molecule is O=C(Nc1ccc(F)cc1)c1ccc(-c2ncc(C(=O)Nc3ccc(F)cc3)s2)cc1. The fourth-order valence-corrected chi connectivity index (χ4v) is 3.56. The third-order valence-corrected chi connectivity index (χ3v) is 5.37. The van der Waals surface area contributed by atoms with Crippen molar-refractivity contribution < 1.29 is 18.4 Å². The third kappa shape index (κ3) is 4.99. The van der Waals surface area contributed by atoms with E-state index in [9.17, 15) is 18.4 Å². The molecule has 2 N–H and O–H groups in total. The maximum Gasteiger partial charge on any atom is 0.267 e. The summed E-state index contributed by atoms with van der Waals surface area (Å²) in [6, 6.07) is 17.8. The van der Waals surface area contributed by atoms with E-state index in [0.29, 0.717) is 26.8 Å². The van der Waals surface area contributed by atoms with Gasteiger partial charge in [0.1, 0.15) is 21.5 Å². The van der Waals surface area contributed by atoms with E-state index >= 15 is 0 Å². The van der Waals surface area contributed by atoms with Crippen LogP contribution < -0.4 is 10.6 Å². The lowest BCUT2D eigenvalue weighted by molar-refractivity contribution is 0.102. The molecule has 0 unspecified atom stereocenters. The largest absolute Gasteiger partial charge is 0.322 e. The van der Waals surface area contributed by atoms with E-state index in [1.54, 1.807) is 24.3 Å². The smallest absolute Gasteiger partial charge is 0.267 e. The number of carbonyl (C=O) groups excluding carboxylic acids is 2. The lowest BCUT2D eigenvalue weighted by Gasteiger charge is -2.05. The molecule has 0 atom stereocenters. The van der Waals surface area contributed by atoms with Crippen molar-refractivity contribution in [1.29, 1.82) is 0 Å². The number of nitrogens with one attached hydrogen (secondary N) is 2. The van der Waals surface area contributed by atoms with Gasteiger partial charge in [-0.05, 0) is 60.7 Å². The van der Waals surface area contributed by atoms with E-state index in [-0.39, 0.29) is 23.4 Å². The molecule has 0 saturated carbocycles. The Morgan fingerprint density at radius 2 is 1.23 bits per heavy atom. The maximum absolute atomic E-state index is 13.0. The van der Waals surface area contributed by atoms with Crippen molar-refractivity contribution >= 4 is 34.5 Å². The first-order valence-electron chi connectivity index (χ1n) is 9.18. The summed E-state index contributed by atoms with van der Waals surface area (Å²) in [6.07, 6.45) is 1.47. The Bertz CT molecular complexity index is 1220. The van der Waals surface area contributed by atoms with Crippen LogP contribution in [0.1, 0.15) is 20.0 Å². The van der Waals surface area contributed by atoms with Crippen LogP contribution in [-0.4, -0.2) is 16.8 Å². The van der Waals surface area contributed by atoms with Crippen LogP contribution in [0.15, 0.2) is 79.0 Å². The van der Waals surface area contributed by atoms with Crippen molar-refractivity contribution in [2.45, 2.75) is 0 Å². The third-order valence-electron chi connectivity index (χ3n) is 4.33. The lowest BCUT2D eigenvalue weighted by atomic mass is 10.1. The minimum absolute atomic E-state index is 0.323. The van der Waals surface area contributed by atoms with Crippen molar-refractivity contribution in [2.75, 3.05) is 10.6 Å². The zero-order chi connectivity index (χ0) is 21.8. The molecule has 3 aromatic carbocycles. The predicted molar refractivity (Wildman–Crippen MR) is 116 cm³/mol. The van der Waals surface area contributed by atoms with E-state index in [1.807, 2.05) is 0 Å². The molecular weight excluding hydrogens is 420 g/mol. The Morgan fingerprint density at radius 3 is 1.77 bits per heavy atom. The first-order chi connectivity index (χ1) is 15.0. The molecule has 0 radical (unpaired) electrons. The van der Waals surface area contributed by atoms with E-state index in [1.165, 1.54) is 66.1 Å². The summed E-state index contributed by atoms with van der Waals surface area (Å²) >= 11 is 1.20. The van der Waals surface area contributed by atoms with Crippen LogP contribution in [0.25, 0.3) is 10.6 Å². The summed E-state index contributed by atoms with van der Waals surface area (Å²) in [5.41, 5.74) is 2.16. The molecule has 0 aliphatic rings. The van der Waals surface area contributed by atoms with Gasteiger partial charge in [0.15, 0.2) is 0 Å². The summed E-state index contributed by atoms with van der Waals surface area (Å²) in [5, 5.41) is 6.00. The van der Waals surface area contributed by atoms with Crippen molar-refractivity contribution in [3.05, 3.63) is 101 Å². The highest BCUT2D eigenvalue weighted by atomic mass is 32.1. The molecule has 1 heterocycles. The Kier molecular flexibility index (Phi) is 5.81. The van der Waals surface area contributed by atoms with Crippen molar-refractivity contribution in [3.63, 3.8) is 0 Å². The van der Waals surface area contributed by atoms with Gasteiger partial charge in [-0.1, -0.05) is 12.1 Å². The van der Waals surface area contributed by atoms with Crippen molar-refractivity contribution in [2.24, 2.45) is 0 Å². The van der Waals surface area contributed by atoms with E-state index in [2.05, 4.69) is 15.6 Å². The van der Waals surface area contributed by atoms with Crippen LogP contribution in [0.4, 0.5) is 20.2 Å². The molecule has 4 aromatic rings. The number of carbonyl (C=O) groups is 2. The zero-order valence-corrected chi connectivity index (χ0v) is 16.7. The average Bonchev–Trinajstić information content (AvgIpc) is 3.27. The number of thiazole rings is 1. The Balaban J connectivity index is 1.42. The first-order valence-corrected chi connectivity index (χ1v) is 10.00. The number of halogens is 2. The highest BCUT2D eigenvalue weighted by Crippen LogP contribution is 2.26. The molecule has 0 aliphatic carbocycles. The molecule has 0 aliphatic heterocycles. The fourth-order valence-electron chi connectivity index (χ4n) is 2.74. The standard InChI is InChI=1S/C23H15F2N3O2S/c24-16-5-9-18(10-6-16)27-21(29)14-1-3-15(4-2-14)23-26-13-20(31-23)22(30)28-19-11-7-17(25)8-12-19/h1-13H,(H,27,29)(H,28,30). The second kappa shape index (κ2) is 8.85. The molecule has 5 nitrogen and oxygen atoms in total. The van der Waals surface area contributed by atoms with Gasteiger partial charge in [-0.15, -0.1) is 11.3 Å². The van der Waals surface area contributed by atoms with Crippen molar-refractivity contribution in [3.8, 4) is 10.6 Å². The number of amides is 2. The summed E-state index contributed by atoms with van der Waals surface area (Å²) in [5.74, 6) is -1.42. The van der Waals surface area contributed by atoms with Gasteiger partial charge in [-0.3, -0.25) is 9.59 Å². The number of rotatable bonds is 5. The molecule has 8 heteroatoms. The van der Waals surface area contributed by atoms with Gasteiger partial charge < -0.3 is 10.6 Å². The number of hydrogen-bond donors (Lipinski definition) is 2. The average molecular weight is 435 g/mol. The lowest BCUT2D eigenvalue weighted by Crippen LogP contribution is -2.11. The summed E-state index contributed by atoms with van der Waals surface area (Å²) in [7, 11) is 0. The Morgan fingerprint density at radius 1 is 0.710 bits per heavy atom. The molecule has 0 saturated heterocycles. The number of benzene rings is 3. The molecule has 4 rings (SSSR count). The monoisotopic (exact) mass is 435 g/mol. The van der Waals surface area contributed by atoms with Crippen molar-refractivity contribution in [1.82, 2.24) is 4.98 Å². The summed E-state index contributed by atoms with van der Waals surface area (Å²) < 4.78 is 26.0. The molecule has 0 spiro atoms. The van der Waals surface area contributed by atoms with Crippen LogP contribution in [-0.2, 0) is 0 Å². The topological polar surface area (TPSA) is 71.1 Å². The van der Waals surface area contributed by atoms with E-state index < -0.39 is 0 Å². The molecule has 0 fully saturated rings. The van der Waals surface area contributed by atoms with Crippen LogP contribution in [0.3, 0.4) is 0 Å². The van der Waals surface area contributed by atoms with Gasteiger partial charge in [-0.25, -0.2) is 13.8 Å². The molecule has 31 heavy (non-hydrogen) atoms. The number of anilines is 2. The van der Waals surface area contributed by atoms with Gasteiger partial charge in [0.2, 0.25) is 0 Å². The van der Waals surface area contributed by atoms with Crippen LogP contribution in [0.5, 0.6) is 0 Å². The summed E-state index contributed by atoms with van der Waals surface area (Å²) in [4.78, 5) is 29.4. The number of aromatic nitrogens is 1. The first kappa shape index (κ1) is 20.4. The quantitative estimate of drug-likeness (QED) is 0.429. The molecule has 1 aromatic heterocycles. The molecule has 154 valence electrons. The van der Waals surface area contributed by atoms with E-state index in [4.69, 9.17) is 0 Å². The normalized spacial score (nSPS) is 10.5. The van der Waals surface area contributed by atoms with Crippen LogP contribution >= 0.6 is 11.3 Å². The molecule has 2 amide bonds. The highest BCUT2D eigenvalue weighted by molar-refractivity contribution is 7.17. The minimum atomic E-state index is -0.382. The Hall–Kier alpha value is -3.91. The summed E-state index contributed by atoms with van der Waals surface area (Å²) in [6.45, 7) is 0. The fraction of sp³-hybridized carbons (Fsp3) is 0. The Labute approximate surface area is 180 Å². The van der Waals surface area contributed by atoms with Gasteiger partial charge in [0, 0.05) is 22.5 Å². The predicted octanol–water partition coefficient (Wildman–Crippen LogP) is 5.59. The van der Waals surface area contributed by atoms with Crippen LogP contribution in [0, 0.1) is 11.6 Å².